The van der Waals surface area contributed by atoms with Crippen LogP contribution < -0.4 is 0 Å². The van der Waals surface area contributed by atoms with E-state index in [2.05, 4.69) is 108 Å². The Morgan fingerprint density at radius 3 is 1.59 bits per heavy atom. The topological polar surface area (TPSA) is 0 Å². The van der Waals surface area contributed by atoms with Crippen molar-refractivity contribution in [2.75, 3.05) is 0 Å². The van der Waals surface area contributed by atoms with Gasteiger partial charge in [-0.25, -0.2) is 12.2 Å². The van der Waals surface area contributed by atoms with Gasteiger partial charge in [0.05, 0.1) is 0 Å². The molecule has 8 rings (SSSR count). The molecule has 0 fully saturated rings. The third-order valence-corrected chi connectivity index (χ3v) is 9.63. The molecule has 2 aliphatic rings. The maximum absolute atomic E-state index is 5.94. The van der Waals surface area contributed by atoms with Gasteiger partial charge in [0.1, 0.15) is 0 Å². The van der Waals surface area contributed by atoms with Crippen molar-refractivity contribution < 1.29 is 24.2 Å². The fourth-order valence-corrected chi connectivity index (χ4v) is 7.04. The van der Waals surface area contributed by atoms with Gasteiger partial charge in [-0.1, -0.05) is 107 Å². The monoisotopic (exact) mass is 868 g/mol. The second-order valence-electron chi connectivity index (χ2n) is 14.9. The molecular weight excluding hydrogens is 822 g/mol. The minimum absolute atomic E-state index is 0. The molecule has 0 aliphatic heterocycles. The van der Waals surface area contributed by atoms with Crippen LogP contribution >= 0.6 is 48.0 Å². The predicted molar refractivity (Wildman–Crippen MR) is 239 cm³/mol. The minimum atomic E-state index is 0. The zero-order valence-electron chi connectivity index (χ0n) is 32.6. The molecule has 6 aromatic rings. The van der Waals surface area contributed by atoms with Crippen LogP contribution in [0.1, 0.15) is 81.3 Å². The van der Waals surface area contributed by atoms with Crippen molar-refractivity contribution in [3.8, 4) is 11.1 Å². The van der Waals surface area contributed by atoms with E-state index < -0.39 is 0 Å². The van der Waals surface area contributed by atoms with Gasteiger partial charge in [0.2, 0.25) is 0 Å². The molecule has 0 saturated carbocycles. The molecule has 0 N–H and O–H groups in total. The van der Waals surface area contributed by atoms with E-state index in [-0.39, 0.29) is 35.6 Å². The second kappa shape index (κ2) is 21.5. The van der Waals surface area contributed by atoms with Crippen molar-refractivity contribution in [1.29, 1.82) is 0 Å². The fraction of sp³-hybridized carbons (Fsp3) is 0.245. The average Bonchev–Trinajstić information content (AvgIpc) is 3.81. The Balaban J connectivity index is 0.000000272. The Bertz CT molecular complexity index is 2030. The maximum atomic E-state index is 5.94. The van der Waals surface area contributed by atoms with Crippen LogP contribution in [0, 0.1) is 38.1 Å². The molecule has 0 atom stereocenters. The van der Waals surface area contributed by atoms with Crippen LogP contribution in [0.4, 0.5) is 0 Å². The first-order valence-corrected chi connectivity index (χ1v) is 20.1. The van der Waals surface area contributed by atoms with Gasteiger partial charge < -0.3 is 0 Å². The van der Waals surface area contributed by atoms with E-state index in [4.69, 9.17) is 23.2 Å². The van der Waals surface area contributed by atoms with Crippen molar-refractivity contribution in [1.82, 2.24) is 0 Å². The fourth-order valence-electron chi connectivity index (χ4n) is 6.59. The third-order valence-electron chi connectivity index (χ3n) is 8.97. The van der Waals surface area contributed by atoms with Crippen LogP contribution in [0.2, 0.25) is 10.0 Å². The number of halogens is 4. The summed E-state index contributed by atoms with van der Waals surface area (Å²) in [6.07, 6.45) is 11.0. The van der Waals surface area contributed by atoms with Crippen LogP contribution in [0.3, 0.4) is 0 Å². The number of fused-ring (bicyclic) bond motifs is 5. The quantitative estimate of drug-likeness (QED) is 0.133. The van der Waals surface area contributed by atoms with Gasteiger partial charge in [0.15, 0.2) is 0 Å². The van der Waals surface area contributed by atoms with Crippen molar-refractivity contribution in [3.05, 3.63) is 177 Å². The van der Waals surface area contributed by atoms with Crippen LogP contribution in [-0.4, -0.2) is 4.21 Å². The number of hydrogen-bond donors (Lipinski definition) is 0. The zero-order chi connectivity index (χ0) is 38.1. The van der Waals surface area contributed by atoms with Gasteiger partial charge in [-0.05, 0) is 45.5 Å². The number of benzene rings is 6. The summed E-state index contributed by atoms with van der Waals surface area (Å²) in [4.78, 5) is 0. The molecule has 0 unspecified atom stereocenters. The molecule has 6 aromatic carbocycles. The van der Waals surface area contributed by atoms with E-state index >= 15 is 0 Å². The Kier molecular flexibility index (Phi) is 18.9. The first kappa shape index (κ1) is 47.4. The number of rotatable bonds is 0. The molecule has 0 saturated heterocycles. The van der Waals surface area contributed by atoms with Gasteiger partial charge in [-0.15, -0.1) is 143 Å². The second-order valence-corrected chi connectivity index (χ2v) is 15.8. The van der Waals surface area contributed by atoms with Gasteiger partial charge in [-0.3, -0.25) is 6.08 Å². The average molecular weight is 872 g/mol. The zero-order valence-corrected chi connectivity index (χ0v) is 38.2. The summed E-state index contributed by atoms with van der Waals surface area (Å²) in [5.74, 6) is 0. The van der Waals surface area contributed by atoms with E-state index in [9.17, 15) is 0 Å². The van der Waals surface area contributed by atoms with Crippen molar-refractivity contribution in [2.24, 2.45) is 0 Å². The van der Waals surface area contributed by atoms with Crippen LogP contribution in [0.5, 0.6) is 0 Å². The Morgan fingerprint density at radius 1 is 0.667 bits per heavy atom. The molecule has 282 valence electrons. The molecule has 0 amide bonds. The normalized spacial score (nSPS) is 11.8. The van der Waals surface area contributed by atoms with E-state index in [1.54, 1.807) is 0 Å². The molecule has 54 heavy (non-hydrogen) atoms. The Hall–Kier alpha value is -2.77. The number of hydrogen-bond acceptors (Lipinski definition) is 0. The Labute approximate surface area is 362 Å². The Morgan fingerprint density at radius 2 is 1.17 bits per heavy atom. The summed E-state index contributed by atoms with van der Waals surface area (Å²) in [5, 5.41) is 5.85. The summed E-state index contributed by atoms with van der Waals surface area (Å²) in [6.45, 7) is 18.2. The van der Waals surface area contributed by atoms with E-state index in [1.807, 2.05) is 84.9 Å². The van der Waals surface area contributed by atoms with Gasteiger partial charge in [0.25, 0.3) is 0 Å². The molecular formula is C49H50Cl4Zr-4. The standard InChI is InChI=1S/C23H29.2C10H6Cl.C5H5.CH2.2ClH.Zr/c1-14-9-16-11-17-10-15(2)21(23(6,7)8)13-19(17)18(16)12-20(14)22(3,4)5;2*11-10-7-3-5-8-4-1-2-6-9(8)10;1-2-4-5-3-1;;;;/h9,12-13H,11H2,1-8H3;2*1-4,6-7H;1-3H,4H2;1H2;2*1H;/q4*-1;;;;. The molecule has 5 heteroatoms. The van der Waals surface area contributed by atoms with Crippen LogP contribution in [0.15, 0.2) is 109 Å². The summed E-state index contributed by atoms with van der Waals surface area (Å²) in [6, 6.07) is 40.4. The molecule has 0 spiro atoms. The van der Waals surface area contributed by atoms with Crippen molar-refractivity contribution in [2.45, 2.75) is 79.1 Å². The number of aryl methyl sites for hydroxylation is 2. The predicted octanol–water partition coefficient (Wildman–Crippen LogP) is 15.0. The molecule has 0 aromatic heterocycles. The molecule has 2 aliphatic carbocycles. The first-order valence-electron chi connectivity index (χ1n) is 17.6. The van der Waals surface area contributed by atoms with E-state index in [0.29, 0.717) is 0 Å². The van der Waals surface area contributed by atoms with Crippen molar-refractivity contribution >= 4 is 73.8 Å². The summed E-state index contributed by atoms with van der Waals surface area (Å²) in [7, 11) is 0. The van der Waals surface area contributed by atoms with Crippen LogP contribution in [0.25, 0.3) is 32.7 Å². The molecule has 0 heterocycles. The van der Waals surface area contributed by atoms with Gasteiger partial charge in [0, 0.05) is 0 Å². The first-order chi connectivity index (χ1) is 24.7. The van der Waals surface area contributed by atoms with E-state index in [0.717, 1.165) is 44.4 Å². The summed E-state index contributed by atoms with van der Waals surface area (Å²) >= 11 is 13.2. The van der Waals surface area contributed by atoms with Gasteiger partial charge in [-0.2, -0.15) is 23.8 Å². The summed E-state index contributed by atoms with van der Waals surface area (Å²) < 4.78 is 3.34. The summed E-state index contributed by atoms with van der Waals surface area (Å²) in [5.41, 5.74) is 11.6. The van der Waals surface area contributed by atoms with Gasteiger partial charge >= 0.3 is 28.4 Å². The molecule has 0 nitrogen and oxygen atoms in total. The van der Waals surface area contributed by atoms with Crippen molar-refractivity contribution in [3.63, 3.8) is 0 Å². The van der Waals surface area contributed by atoms with Crippen LogP contribution in [-0.2, 0) is 41.5 Å². The SMILES string of the molecule is Cc1[c-]c2c(cc1C(C)(C)C)-c1cc(C(C)(C)C)c(C)cc1C2.Cl.Cl.Clc1cc[c-]c2ccccc12.Clc1cc[c-]c2ccccc12.[C-]1=CC=CC1.[CH2]=[Zr]. The molecule has 0 bridgehead atoms. The van der Waals surface area contributed by atoms with E-state index in [1.165, 1.54) is 68.7 Å². The molecule has 0 radical (unpaired) electrons. The third kappa shape index (κ3) is 12.4. The number of allylic oxidation sites excluding steroid dienone is 4.